The van der Waals surface area contributed by atoms with E-state index in [4.69, 9.17) is 1.70 Å². The average Bonchev–Trinajstić information content (AvgIpc) is 1.00. The van der Waals surface area contributed by atoms with Gasteiger partial charge in [0.15, 0.2) is 0 Å². The SMILES string of the molecule is [Nb].[O]=[La].[SrH2]. The predicted octanol–water partition coefficient (Wildman–Crippen LogP) is -1.04. The van der Waals surface area contributed by atoms with Crippen LogP contribution in [0.2, 0.25) is 0 Å². The predicted molar refractivity (Wildman–Crippen MR) is 9.23 cm³/mol. The van der Waals surface area contributed by atoms with Crippen LogP contribution >= 0.6 is 0 Å². The molecule has 0 unspecified atom stereocenters. The second-order valence-corrected chi connectivity index (χ2v) is 0. The Balaban J connectivity index is -0.00000000500. The molecule has 0 amide bonds. The summed E-state index contributed by atoms with van der Waals surface area (Å²) >= 11 is -0.0833. The molecule has 1 radical (unpaired) electrons. The fraction of sp³-hybridized carbons (Fsp3) is 0. The number of hydrogen-bond donors (Lipinski definition) is 0. The van der Waals surface area contributed by atoms with Crippen LogP contribution < -0.4 is 0 Å². The molecule has 0 fully saturated rings. The van der Waals surface area contributed by atoms with Gasteiger partial charge in [-0.05, 0) is 0 Å². The van der Waals surface area contributed by atoms with Gasteiger partial charge in [0.05, 0.1) is 0 Å². The van der Waals surface area contributed by atoms with E-state index in [9.17, 15) is 0 Å². The van der Waals surface area contributed by atoms with Crippen LogP contribution in [-0.4, -0.2) is 45.5 Å². The van der Waals surface area contributed by atoms with E-state index in [2.05, 4.69) is 0 Å². The molecule has 0 aromatic carbocycles. The minimum atomic E-state index is -0.0833. The van der Waals surface area contributed by atoms with Crippen molar-refractivity contribution in [3.8, 4) is 0 Å². The van der Waals surface area contributed by atoms with Crippen LogP contribution in [0.25, 0.3) is 0 Å². The molecular weight excluding hydrogens is 335 g/mol. The normalized spacial score (nSPS) is 1.50. The summed E-state index contributed by atoms with van der Waals surface area (Å²) in [6.07, 6.45) is 0. The van der Waals surface area contributed by atoms with Gasteiger partial charge in [0, 0.05) is 22.4 Å². The zero-order valence-corrected chi connectivity index (χ0v) is 7.26. The van der Waals surface area contributed by atoms with E-state index in [1.54, 1.807) is 0 Å². The third kappa shape index (κ3) is 8.96. The molecule has 0 aliphatic carbocycles. The number of hydrogen-bond acceptors (Lipinski definition) is 1. The van der Waals surface area contributed by atoms with Crippen LogP contribution in [0.4, 0.5) is 0 Å². The van der Waals surface area contributed by atoms with Crippen molar-refractivity contribution in [1.29, 1.82) is 0 Å². The fourth-order valence-electron chi connectivity index (χ4n) is 0. The molecule has 4 heavy (non-hydrogen) atoms. The standard InChI is InChI=1S/La.Nb.O.Sr.2H. The second-order valence-electron chi connectivity index (χ2n) is 0. The molecule has 0 aromatic rings. The topological polar surface area (TPSA) is 17.1 Å². The van der Waals surface area contributed by atoms with Gasteiger partial charge in [0.2, 0.25) is 0 Å². The van der Waals surface area contributed by atoms with Crippen molar-refractivity contribution in [2.24, 2.45) is 0 Å². The summed E-state index contributed by atoms with van der Waals surface area (Å²) in [5, 5.41) is 0. The first-order valence-corrected chi connectivity index (χ1v) is 1.72. The van der Waals surface area contributed by atoms with Gasteiger partial charge in [-0.15, -0.1) is 0 Å². The summed E-state index contributed by atoms with van der Waals surface area (Å²) in [7, 11) is 0. The molecule has 0 aliphatic rings. The van der Waals surface area contributed by atoms with Crippen molar-refractivity contribution in [2.45, 2.75) is 0 Å². The molecule has 0 spiro atoms. The Morgan fingerprint density at radius 1 is 1.25 bits per heavy atom. The van der Waals surface area contributed by atoms with Crippen LogP contribution in [0.15, 0.2) is 0 Å². The molecule has 18 valence electrons. The zero-order valence-electron chi connectivity index (χ0n) is 1.43. The van der Waals surface area contributed by atoms with Crippen molar-refractivity contribution >= 4 is 45.5 Å². The maximum absolute atomic E-state index is 8.42. The number of rotatable bonds is 0. The first-order valence-electron chi connectivity index (χ1n) is 0.236. The van der Waals surface area contributed by atoms with Gasteiger partial charge in [-0.1, -0.05) is 0 Å². The van der Waals surface area contributed by atoms with Gasteiger partial charge in [0.1, 0.15) is 0 Å². The van der Waals surface area contributed by atoms with Gasteiger partial charge in [-0.3, -0.25) is 0 Å². The molecule has 0 saturated carbocycles. The quantitative estimate of drug-likeness (QED) is 0.516. The van der Waals surface area contributed by atoms with Gasteiger partial charge < -0.3 is 0 Å². The van der Waals surface area contributed by atoms with E-state index >= 15 is 0 Å². The molecule has 0 aliphatic heterocycles. The molecule has 1 nitrogen and oxygen atoms in total. The van der Waals surface area contributed by atoms with E-state index in [0.29, 0.717) is 0 Å². The molecule has 0 bridgehead atoms. The summed E-state index contributed by atoms with van der Waals surface area (Å²) in [5.41, 5.74) is 0. The first-order chi connectivity index (χ1) is 1.00. The second kappa shape index (κ2) is 16.4. The summed E-state index contributed by atoms with van der Waals surface area (Å²) in [6, 6.07) is 0. The summed E-state index contributed by atoms with van der Waals surface area (Å²) in [4.78, 5) is 0. The Kier molecular flexibility index (Phi) is 64.1. The van der Waals surface area contributed by atoms with Crippen molar-refractivity contribution < 1.29 is 57.9 Å². The van der Waals surface area contributed by atoms with Crippen molar-refractivity contribution in [3.05, 3.63) is 0 Å². The Morgan fingerprint density at radius 2 is 1.25 bits per heavy atom. The Bertz CT molecular complexity index is 8.00. The monoisotopic (exact) mass is 338 g/mol. The van der Waals surface area contributed by atoms with Crippen molar-refractivity contribution in [3.63, 3.8) is 0 Å². The van der Waals surface area contributed by atoms with Crippen LogP contribution in [-0.2, 0) is 24.1 Å². The Hall–Kier alpha value is 3.22. The summed E-state index contributed by atoms with van der Waals surface area (Å²) in [6.45, 7) is 0. The summed E-state index contributed by atoms with van der Waals surface area (Å²) in [5.74, 6) is 0. The van der Waals surface area contributed by atoms with E-state index in [-0.39, 0.29) is 102 Å². The molecule has 0 heterocycles. The molecule has 0 saturated heterocycles. The van der Waals surface area contributed by atoms with Crippen LogP contribution in [0, 0.1) is 33.8 Å². The van der Waals surface area contributed by atoms with Gasteiger partial charge in [-0.2, -0.15) is 0 Å². The fourth-order valence-corrected chi connectivity index (χ4v) is 0. The summed E-state index contributed by atoms with van der Waals surface area (Å²) < 4.78 is 8.42. The molecule has 0 rings (SSSR count). The van der Waals surface area contributed by atoms with Gasteiger partial charge in [-0.25, -0.2) is 0 Å². The molecule has 0 atom stereocenters. The van der Waals surface area contributed by atoms with Crippen molar-refractivity contribution in [2.75, 3.05) is 0 Å². The first kappa shape index (κ1) is 15.7. The van der Waals surface area contributed by atoms with Crippen LogP contribution in [0.1, 0.15) is 0 Å². The third-order valence-electron chi connectivity index (χ3n) is 0. The van der Waals surface area contributed by atoms with Crippen LogP contribution in [0.3, 0.4) is 0 Å². The van der Waals surface area contributed by atoms with Crippen LogP contribution in [0.5, 0.6) is 0 Å². The zero-order chi connectivity index (χ0) is 2.00. The van der Waals surface area contributed by atoms with E-state index in [1.807, 2.05) is 0 Å². The Morgan fingerprint density at radius 3 is 1.25 bits per heavy atom. The van der Waals surface area contributed by atoms with Crippen molar-refractivity contribution in [1.82, 2.24) is 0 Å². The minimum absolute atomic E-state index is 0. The Labute approximate surface area is 100 Å². The molecular formula is H2LaNbOSr. The maximum atomic E-state index is 8.42. The molecule has 0 N–H and O–H groups in total. The van der Waals surface area contributed by atoms with Gasteiger partial charge in [0.25, 0.3) is 0 Å². The molecule has 4 heteroatoms. The van der Waals surface area contributed by atoms with Gasteiger partial charge >= 0.3 is 81.0 Å². The third-order valence-corrected chi connectivity index (χ3v) is 0. The van der Waals surface area contributed by atoms with E-state index in [1.165, 1.54) is 0 Å². The average molecular weight is 337 g/mol. The molecule has 0 aromatic heterocycles. The van der Waals surface area contributed by atoms with E-state index < -0.39 is 0 Å². The van der Waals surface area contributed by atoms with E-state index in [0.717, 1.165) is 0 Å².